The van der Waals surface area contributed by atoms with Crippen LogP contribution in [0.5, 0.6) is 11.5 Å². The third-order valence-electron chi connectivity index (χ3n) is 10.5. The lowest BCUT2D eigenvalue weighted by molar-refractivity contribution is 0.296. The smallest absolute Gasteiger partial charge is 0.395 e. The molecule has 4 radical (unpaired) electrons. The first-order valence-corrected chi connectivity index (χ1v) is 22.4. The van der Waals surface area contributed by atoms with E-state index in [1.165, 1.54) is 22.3 Å². The SMILES string of the molecule is CCC([Si]c1cc2ccccc2c2c1OP(=O)(O)Oc1c([Si]C(CC)c3ccc(C(C)(C)C)cc3)cc3ccccc3c1-2)c1ccc(C(C)(C)C)cc1. The molecule has 0 saturated heterocycles. The monoisotopic (exact) mass is 752 g/mol. The quantitative estimate of drug-likeness (QED) is 0.124. The third kappa shape index (κ3) is 7.57. The van der Waals surface area contributed by atoms with Crippen LogP contribution < -0.4 is 19.4 Å². The fourth-order valence-electron chi connectivity index (χ4n) is 7.46. The van der Waals surface area contributed by atoms with Gasteiger partial charge < -0.3 is 9.05 Å². The lowest BCUT2D eigenvalue weighted by Gasteiger charge is -2.23. The average molecular weight is 753 g/mol. The standard InChI is InChI=1S/C46H49O4PSi2/c1-9-37(29-19-23-33(24-20-29)45(3,4)5)52-39-27-31-15-11-13-17-35(31)41-42-36-18-14-12-16-32(36)28-40(44(42)50-51(47,48)49-43(39)41)53-38(10-2)30-21-25-34(26-22-30)46(6,7)8/h11-28,37-38H,9-10H2,1-8H3,(H,47,48). The van der Waals surface area contributed by atoms with Crippen molar-refractivity contribution in [1.29, 1.82) is 0 Å². The van der Waals surface area contributed by atoms with Crippen LogP contribution in [0.2, 0.25) is 0 Å². The third-order valence-corrected chi connectivity index (χ3v) is 14.9. The van der Waals surface area contributed by atoms with E-state index >= 15 is 0 Å². The lowest BCUT2D eigenvalue weighted by atomic mass is 9.86. The van der Waals surface area contributed by atoms with Crippen LogP contribution >= 0.6 is 7.82 Å². The Hall–Kier alpha value is -3.94. The summed E-state index contributed by atoms with van der Waals surface area (Å²) in [7, 11) is -3.99. The molecule has 0 saturated carbocycles. The lowest BCUT2D eigenvalue weighted by Crippen LogP contribution is -2.24. The van der Waals surface area contributed by atoms with Gasteiger partial charge in [0.25, 0.3) is 0 Å². The zero-order chi connectivity index (χ0) is 37.7. The molecule has 6 aromatic rings. The molecular formula is C46H49O4PSi2. The molecule has 0 bridgehead atoms. The largest absolute Gasteiger partial charge is 0.584 e. The summed E-state index contributed by atoms with van der Waals surface area (Å²) in [6.07, 6.45) is 1.84. The van der Waals surface area contributed by atoms with Gasteiger partial charge in [-0.3, -0.25) is 4.89 Å². The van der Waals surface area contributed by atoms with Gasteiger partial charge in [0.05, 0.1) is 19.0 Å². The Morgan fingerprint density at radius 3 is 1.28 bits per heavy atom. The topological polar surface area (TPSA) is 55.8 Å². The van der Waals surface area contributed by atoms with Crippen molar-refractivity contribution in [2.24, 2.45) is 0 Å². The number of fused-ring (bicyclic) bond motifs is 7. The van der Waals surface area contributed by atoms with Crippen molar-refractivity contribution >= 4 is 58.8 Å². The minimum Gasteiger partial charge on any atom is -0.395 e. The van der Waals surface area contributed by atoms with Crippen LogP contribution in [0.25, 0.3) is 32.7 Å². The molecule has 1 heterocycles. The molecule has 7 rings (SSSR count). The summed E-state index contributed by atoms with van der Waals surface area (Å²) in [4.78, 5) is 11.6. The number of rotatable bonds is 8. The number of phosphoric acid groups is 1. The van der Waals surface area contributed by atoms with Crippen LogP contribution in [0.4, 0.5) is 0 Å². The maximum atomic E-state index is 14.2. The van der Waals surface area contributed by atoms with Crippen molar-refractivity contribution in [3.05, 3.63) is 131 Å². The molecule has 1 aliphatic rings. The zero-order valence-corrected chi connectivity index (χ0v) is 35.0. The van der Waals surface area contributed by atoms with E-state index in [1.54, 1.807) is 0 Å². The predicted octanol–water partition coefficient (Wildman–Crippen LogP) is 11.1. The van der Waals surface area contributed by atoms with E-state index in [0.717, 1.165) is 55.9 Å². The fourth-order valence-corrected chi connectivity index (χ4v) is 11.5. The Morgan fingerprint density at radius 2 is 0.943 bits per heavy atom. The van der Waals surface area contributed by atoms with E-state index in [-0.39, 0.29) is 21.9 Å². The normalized spacial score (nSPS) is 17.0. The number of phosphoric ester groups is 1. The van der Waals surface area contributed by atoms with Gasteiger partial charge >= 0.3 is 7.82 Å². The van der Waals surface area contributed by atoms with Gasteiger partial charge in [-0.2, -0.15) is 0 Å². The first-order valence-electron chi connectivity index (χ1n) is 18.7. The molecular weight excluding hydrogens is 704 g/mol. The summed E-state index contributed by atoms with van der Waals surface area (Å²) in [5, 5.41) is 5.94. The van der Waals surface area contributed by atoms with Gasteiger partial charge in [-0.05, 0) is 76.1 Å². The predicted molar refractivity (Wildman–Crippen MR) is 225 cm³/mol. The van der Waals surface area contributed by atoms with Crippen LogP contribution in [0, 0.1) is 0 Å². The zero-order valence-electron chi connectivity index (χ0n) is 32.1. The first-order chi connectivity index (χ1) is 25.2. The molecule has 0 aliphatic carbocycles. The van der Waals surface area contributed by atoms with E-state index in [9.17, 15) is 9.46 Å². The van der Waals surface area contributed by atoms with Crippen molar-refractivity contribution in [3.63, 3.8) is 0 Å². The molecule has 1 aliphatic heterocycles. The fraction of sp³-hybridized carbons (Fsp3) is 0.304. The first kappa shape index (κ1) is 37.4. The molecule has 0 spiro atoms. The molecule has 4 nitrogen and oxygen atoms in total. The number of hydrogen-bond acceptors (Lipinski definition) is 3. The molecule has 2 unspecified atom stereocenters. The molecule has 6 aromatic carbocycles. The van der Waals surface area contributed by atoms with Crippen LogP contribution in [0.15, 0.2) is 109 Å². The Labute approximate surface area is 320 Å². The maximum absolute atomic E-state index is 14.2. The van der Waals surface area contributed by atoms with Gasteiger partial charge in [-0.25, -0.2) is 4.57 Å². The van der Waals surface area contributed by atoms with Crippen LogP contribution in [0.3, 0.4) is 0 Å². The van der Waals surface area contributed by atoms with E-state index in [2.05, 4.69) is 152 Å². The van der Waals surface area contributed by atoms with E-state index < -0.39 is 7.82 Å². The van der Waals surface area contributed by atoms with Crippen molar-refractivity contribution in [2.75, 3.05) is 0 Å². The molecule has 0 amide bonds. The highest BCUT2D eigenvalue weighted by atomic mass is 31.2. The highest BCUT2D eigenvalue weighted by Crippen LogP contribution is 2.56. The van der Waals surface area contributed by atoms with Crippen molar-refractivity contribution < 1.29 is 18.5 Å². The molecule has 270 valence electrons. The summed E-state index contributed by atoms with van der Waals surface area (Å²) in [5.41, 5.74) is 7.32. The molecule has 53 heavy (non-hydrogen) atoms. The molecule has 0 fully saturated rings. The maximum Gasteiger partial charge on any atom is 0.584 e. The van der Waals surface area contributed by atoms with Gasteiger partial charge in [0.15, 0.2) is 0 Å². The second-order valence-corrected chi connectivity index (χ2v) is 20.7. The van der Waals surface area contributed by atoms with E-state index in [4.69, 9.17) is 9.05 Å². The van der Waals surface area contributed by atoms with E-state index in [1.807, 2.05) is 12.1 Å². The Balaban J connectivity index is 1.42. The second-order valence-electron chi connectivity index (χ2n) is 16.3. The molecule has 2 atom stereocenters. The second kappa shape index (κ2) is 14.4. The van der Waals surface area contributed by atoms with Crippen molar-refractivity contribution in [1.82, 2.24) is 0 Å². The van der Waals surface area contributed by atoms with Gasteiger partial charge in [0.2, 0.25) is 0 Å². The van der Waals surface area contributed by atoms with Crippen LogP contribution in [0.1, 0.15) is 102 Å². The van der Waals surface area contributed by atoms with Crippen LogP contribution in [-0.4, -0.2) is 23.9 Å². The minimum atomic E-state index is -4.59. The van der Waals surface area contributed by atoms with Crippen molar-refractivity contribution in [2.45, 2.75) is 90.1 Å². The highest BCUT2D eigenvalue weighted by Gasteiger charge is 2.38. The van der Waals surface area contributed by atoms with Crippen molar-refractivity contribution in [3.8, 4) is 22.6 Å². The molecule has 0 aromatic heterocycles. The Kier molecular flexibility index (Phi) is 10.1. The summed E-state index contributed by atoms with van der Waals surface area (Å²) in [5.74, 6) is 0.902. The van der Waals surface area contributed by atoms with Gasteiger partial charge in [0, 0.05) is 11.1 Å². The molecule has 7 heteroatoms. The summed E-state index contributed by atoms with van der Waals surface area (Å²) in [6.45, 7) is 17.8. The minimum absolute atomic E-state index is 0.0674. The summed E-state index contributed by atoms with van der Waals surface area (Å²) < 4.78 is 26.7. The number of benzene rings is 6. The van der Waals surface area contributed by atoms with Crippen LogP contribution in [-0.2, 0) is 15.4 Å². The highest BCUT2D eigenvalue weighted by molar-refractivity contribution is 7.48. The summed E-state index contributed by atoms with van der Waals surface area (Å²) >= 11 is 0. The van der Waals surface area contributed by atoms with Gasteiger partial charge in [0.1, 0.15) is 11.5 Å². The van der Waals surface area contributed by atoms with E-state index in [0.29, 0.717) is 30.5 Å². The number of hydrogen-bond donors (Lipinski definition) is 1. The average Bonchev–Trinajstić information content (AvgIpc) is 3.25. The van der Waals surface area contributed by atoms with Gasteiger partial charge in [-0.15, -0.1) is 0 Å². The Morgan fingerprint density at radius 1 is 0.585 bits per heavy atom. The Bertz CT molecular complexity index is 2170. The molecule has 1 N–H and O–H groups in total. The van der Waals surface area contributed by atoms with Gasteiger partial charge in [-0.1, -0.05) is 177 Å². The summed E-state index contributed by atoms with van der Waals surface area (Å²) in [6, 6.07) is 38.9.